The molecule has 2 nitrogen and oxygen atoms in total. The standard InChI is InChI=1S/C12H15F3N2/c1-7-4-11-16-5-10(12(13,14)15)17(11)6-8(2)9(7)3/h5-7,9H,4H2,1-3H3. The van der Waals surface area contributed by atoms with Gasteiger partial charge in [0.25, 0.3) is 0 Å². The molecule has 17 heavy (non-hydrogen) atoms. The fourth-order valence-electron chi connectivity index (χ4n) is 2.14. The lowest BCUT2D eigenvalue weighted by Gasteiger charge is -2.16. The number of aromatic nitrogens is 2. The summed E-state index contributed by atoms with van der Waals surface area (Å²) in [5.41, 5.74) is 0.271. The van der Waals surface area contributed by atoms with Gasteiger partial charge >= 0.3 is 6.18 Å². The summed E-state index contributed by atoms with van der Waals surface area (Å²) in [6.45, 7) is 5.95. The van der Waals surface area contributed by atoms with E-state index in [0.29, 0.717) is 18.2 Å². The molecule has 1 aromatic heterocycles. The van der Waals surface area contributed by atoms with Crippen molar-refractivity contribution in [2.45, 2.75) is 33.4 Å². The number of fused-ring (bicyclic) bond motifs is 1. The summed E-state index contributed by atoms with van der Waals surface area (Å²) in [5.74, 6) is 1.07. The van der Waals surface area contributed by atoms with E-state index in [1.807, 2.05) is 20.8 Å². The first-order valence-electron chi connectivity index (χ1n) is 5.62. The quantitative estimate of drug-likeness (QED) is 0.682. The monoisotopic (exact) mass is 244 g/mol. The molecule has 1 aromatic rings. The highest BCUT2D eigenvalue weighted by molar-refractivity contribution is 5.38. The molecule has 2 heterocycles. The highest BCUT2D eigenvalue weighted by atomic mass is 19.4. The summed E-state index contributed by atoms with van der Waals surface area (Å²) in [5, 5.41) is 0. The van der Waals surface area contributed by atoms with Crippen LogP contribution < -0.4 is 0 Å². The molecular weight excluding hydrogens is 229 g/mol. The molecule has 5 heteroatoms. The van der Waals surface area contributed by atoms with Crippen LogP contribution >= 0.6 is 0 Å². The second-order valence-electron chi connectivity index (χ2n) is 4.77. The summed E-state index contributed by atoms with van der Waals surface area (Å²) in [4.78, 5) is 3.90. The maximum Gasteiger partial charge on any atom is 0.433 e. The third-order valence-corrected chi connectivity index (χ3v) is 3.57. The van der Waals surface area contributed by atoms with Crippen LogP contribution in [-0.2, 0) is 12.6 Å². The van der Waals surface area contributed by atoms with Gasteiger partial charge < -0.3 is 0 Å². The Morgan fingerprint density at radius 3 is 2.59 bits per heavy atom. The topological polar surface area (TPSA) is 17.8 Å². The lowest BCUT2D eigenvalue weighted by Crippen LogP contribution is -2.12. The molecular formula is C12H15F3N2. The van der Waals surface area contributed by atoms with Crippen LogP contribution in [0.4, 0.5) is 13.2 Å². The molecule has 2 atom stereocenters. The third kappa shape index (κ3) is 2.10. The molecule has 0 aromatic carbocycles. The minimum atomic E-state index is -4.35. The number of alkyl halides is 3. The van der Waals surface area contributed by atoms with Crippen LogP contribution in [0.2, 0.25) is 0 Å². The highest BCUT2D eigenvalue weighted by Crippen LogP contribution is 2.34. The first-order valence-corrected chi connectivity index (χ1v) is 5.62. The summed E-state index contributed by atoms with van der Waals surface area (Å²) in [7, 11) is 0. The fraction of sp³-hybridized carbons (Fsp3) is 0.583. The molecule has 2 unspecified atom stereocenters. The Morgan fingerprint density at radius 2 is 2.00 bits per heavy atom. The van der Waals surface area contributed by atoms with Crippen molar-refractivity contribution in [3.05, 3.63) is 23.3 Å². The second kappa shape index (κ2) is 3.89. The van der Waals surface area contributed by atoms with E-state index < -0.39 is 11.9 Å². The van der Waals surface area contributed by atoms with Gasteiger partial charge in [0.15, 0.2) is 0 Å². The van der Waals surface area contributed by atoms with Crippen molar-refractivity contribution in [1.82, 2.24) is 9.55 Å². The maximum absolute atomic E-state index is 12.8. The van der Waals surface area contributed by atoms with Crippen molar-refractivity contribution in [2.24, 2.45) is 11.8 Å². The van der Waals surface area contributed by atoms with Gasteiger partial charge in [-0.1, -0.05) is 19.4 Å². The van der Waals surface area contributed by atoms with Gasteiger partial charge in [0.2, 0.25) is 0 Å². The molecule has 1 aliphatic heterocycles. The molecule has 0 N–H and O–H groups in total. The first kappa shape index (κ1) is 12.2. The molecule has 0 radical (unpaired) electrons. The summed E-state index contributed by atoms with van der Waals surface area (Å²) in [6.07, 6.45) is -1.29. The van der Waals surface area contributed by atoms with Crippen LogP contribution in [-0.4, -0.2) is 9.55 Å². The van der Waals surface area contributed by atoms with Crippen molar-refractivity contribution >= 4 is 6.20 Å². The predicted octanol–water partition coefficient (Wildman–Crippen LogP) is 3.59. The van der Waals surface area contributed by atoms with E-state index in [1.54, 1.807) is 6.20 Å². The fourth-order valence-corrected chi connectivity index (χ4v) is 2.14. The van der Waals surface area contributed by atoms with Crippen molar-refractivity contribution in [1.29, 1.82) is 0 Å². The molecule has 0 amide bonds. The van der Waals surface area contributed by atoms with E-state index in [1.165, 1.54) is 4.57 Å². The third-order valence-electron chi connectivity index (χ3n) is 3.57. The van der Waals surface area contributed by atoms with Crippen LogP contribution in [0.1, 0.15) is 32.3 Å². The minimum Gasteiger partial charge on any atom is -0.299 e. The second-order valence-corrected chi connectivity index (χ2v) is 4.77. The first-order chi connectivity index (χ1) is 7.80. The number of imidazole rings is 1. The summed E-state index contributed by atoms with van der Waals surface area (Å²) < 4.78 is 39.5. The van der Waals surface area contributed by atoms with E-state index in [0.717, 1.165) is 11.8 Å². The van der Waals surface area contributed by atoms with Crippen LogP contribution in [0.25, 0.3) is 6.20 Å². The minimum absolute atomic E-state index is 0.276. The smallest absolute Gasteiger partial charge is 0.299 e. The molecule has 94 valence electrons. The largest absolute Gasteiger partial charge is 0.433 e. The normalized spacial score (nSPS) is 25.2. The van der Waals surface area contributed by atoms with Gasteiger partial charge in [0.05, 0.1) is 6.20 Å². The number of halogens is 3. The average Bonchev–Trinajstić information content (AvgIpc) is 2.55. The zero-order valence-electron chi connectivity index (χ0n) is 10.0. The van der Waals surface area contributed by atoms with Crippen LogP contribution in [0.3, 0.4) is 0 Å². The average molecular weight is 244 g/mol. The van der Waals surface area contributed by atoms with Gasteiger partial charge in [-0.2, -0.15) is 13.2 Å². The predicted molar refractivity (Wildman–Crippen MR) is 59.2 cm³/mol. The molecule has 0 aliphatic carbocycles. The Balaban J connectivity index is 2.54. The van der Waals surface area contributed by atoms with Gasteiger partial charge in [-0.05, 0) is 18.8 Å². The lowest BCUT2D eigenvalue weighted by molar-refractivity contribution is -0.142. The zero-order chi connectivity index (χ0) is 12.8. The van der Waals surface area contributed by atoms with Crippen LogP contribution in [0.5, 0.6) is 0 Å². The Kier molecular flexibility index (Phi) is 2.79. The highest BCUT2D eigenvalue weighted by Gasteiger charge is 2.36. The van der Waals surface area contributed by atoms with Gasteiger partial charge in [0.1, 0.15) is 11.5 Å². The number of rotatable bonds is 0. The van der Waals surface area contributed by atoms with Gasteiger partial charge in [-0.25, -0.2) is 4.98 Å². The lowest BCUT2D eigenvalue weighted by atomic mass is 9.88. The zero-order valence-corrected chi connectivity index (χ0v) is 10.0. The van der Waals surface area contributed by atoms with Crippen molar-refractivity contribution in [3.8, 4) is 0 Å². The van der Waals surface area contributed by atoms with E-state index in [4.69, 9.17) is 0 Å². The van der Waals surface area contributed by atoms with Crippen molar-refractivity contribution < 1.29 is 13.2 Å². The van der Waals surface area contributed by atoms with Gasteiger partial charge in [-0.15, -0.1) is 0 Å². The molecule has 0 spiro atoms. The van der Waals surface area contributed by atoms with Crippen molar-refractivity contribution in [2.75, 3.05) is 0 Å². The molecule has 0 bridgehead atoms. The Labute approximate surface area is 98.2 Å². The van der Waals surface area contributed by atoms with E-state index in [9.17, 15) is 13.2 Å². The number of hydrogen-bond donors (Lipinski definition) is 0. The summed E-state index contributed by atoms with van der Waals surface area (Å²) in [6, 6.07) is 0. The molecule has 2 rings (SSSR count). The molecule has 1 aliphatic rings. The maximum atomic E-state index is 12.8. The number of nitrogens with zero attached hydrogens (tertiary/aromatic N) is 2. The molecule has 0 fully saturated rings. The Hall–Kier alpha value is -1.26. The van der Waals surface area contributed by atoms with E-state index in [2.05, 4.69) is 4.98 Å². The number of allylic oxidation sites excluding steroid dienone is 1. The van der Waals surface area contributed by atoms with Gasteiger partial charge in [0, 0.05) is 12.6 Å². The molecule has 0 saturated heterocycles. The molecule has 0 saturated carbocycles. The Morgan fingerprint density at radius 1 is 1.35 bits per heavy atom. The Bertz CT molecular complexity index is 457. The van der Waals surface area contributed by atoms with E-state index in [-0.39, 0.29) is 5.92 Å². The summed E-state index contributed by atoms with van der Waals surface area (Å²) >= 11 is 0. The van der Waals surface area contributed by atoms with Crippen LogP contribution in [0, 0.1) is 11.8 Å². The number of hydrogen-bond acceptors (Lipinski definition) is 1. The SMILES string of the molecule is CC1=Cn2c(C(F)(F)F)cnc2CC(C)C1C. The van der Waals surface area contributed by atoms with Crippen molar-refractivity contribution in [3.63, 3.8) is 0 Å². The van der Waals surface area contributed by atoms with Crippen LogP contribution in [0.15, 0.2) is 11.8 Å². The van der Waals surface area contributed by atoms with Gasteiger partial charge in [-0.3, -0.25) is 4.57 Å². The van der Waals surface area contributed by atoms with E-state index >= 15 is 0 Å².